The Bertz CT molecular complexity index is 4720. The number of aliphatic hydroxyl groups is 1. The van der Waals surface area contributed by atoms with Crippen LogP contribution in [-0.4, -0.2) is 262 Å². The van der Waals surface area contributed by atoms with Crippen molar-refractivity contribution in [2.75, 3.05) is 50.9 Å². The molecule has 0 bridgehead atoms. The molecule has 5 rings (SSSR count). The number of nitrogens with two attached hydrogens (primary N) is 6. The number of carbonyl (C=O) groups is 18. The largest absolute Gasteiger partial charge is 0.508 e. The number of ether oxygens (including phenoxy) is 1. The number of fused-ring (bicyclic) bond motifs is 2. The molecule has 0 aliphatic carbocycles. The lowest BCUT2D eigenvalue weighted by molar-refractivity contribution is -0.137. The van der Waals surface area contributed by atoms with Gasteiger partial charge in [0, 0.05) is 110 Å². The molecule has 0 aliphatic heterocycles. The predicted molar refractivity (Wildman–Crippen MR) is 477 cm³/mol. The number of para-hydroxylation sites is 2. The predicted octanol–water partition coefficient (Wildman–Crippen LogP) is -6.57. The molecule has 13 atom stereocenters. The maximum atomic E-state index is 15.3. The van der Waals surface area contributed by atoms with E-state index < -0.39 is 248 Å². The number of H-pyrrole nitrogens is 2. The standard InChI is InChI=1S/C82H120N24O21S2/c1-42(2)30-48(34-67(113)98-61(35-66(86)112)72(117)94-38-68(114)90-28-29-127-39-69(115)97-54(71(87)116)16-9-10-26-83)96-73(118)55(17-11-27-91-82(88)89)99-77(122)59(32-46-36-92-52-14-7-5-12-50(46)52)103-76(121)58(31-45-18-20-49(109)21-19-45)102-80(125)63(41-129)105-74(119)56(22-24-64(84)110)100-78(123)60(33-47-37-93-53-15-8-6-13-51(47)53)104-81(126)70(43(3)107)106-75(120)57(23-25-65(85)111)101-79(124)62(40-128)95-44(4)108/h5-8,12-15,18-21,36-37,42-43,48,54-63,70,92-93,107,109,128-129H,9-11,16-17,22-35,38-41,83H2,1-4H3,(H2,84,110)(H2,85,111)(H2,86,112)(H2,87,116)(H,90,114)(H,94,117)(H,95,108)(H,96,118)(H,97,115)(H,98,113)(H,99,122)(H,100,123)(H,101,124)(H,102,125)(H,103,121)(H,104,126)(H,105,119)(H,106,120)(H4,88,89,91)/t43-,48+,54-,55+,56+,57+,58+,59+,60+,61+,62+,63+,70+/m1/s1. The zero-order chi connectivity index (χ0) is 95.6. The molecule has 45 nitrogen and oxygen atoms in total. The molecule has 129 heavy (non-hydrogen) atoms. The zero-order valence-electron chi connectivity index (χ0n) is 71.9. The van der Waals surface area contributed by atoms with E-state index in [4.69, 9.17) is 44.5 Å². The van der Waals surface area contributed by atoms with Crippen LogP contribution in [0.15, 0.2) is 85.2 Å². The van der Waals surface area contributed by atoms with Crippen LogP contribution in [0.2, 0.25) is 0 Å². The van der Waals surface area contributed by atoms with E-state index in [1.807, 2.05) is 0 Å². The Morgan fingerprint density at radius 3 is 1.40 bits per heavy atom. The highest BCUT2D eigenvalue weighted by molar-refractivity contribution is 7.80. The second kappa shape index (κ2) is 54.8. The lowest BCUT2D eigenvalue weighted by Gasteiger charge is -2.29. The fourth-order valence-electron chi connectivity index (χ4n) is 13.4. The first-order valence-electron chi connectivity index (χ1n) is 41.6. The summed E-state index contributed by atoms with van der Waals surface area (Å²) in [6.45, 7) is 4.71. The molecule has 2 aromatic heterocycles. The highest BCUT2D eigenvalue weighted by Gasteiger charge is 2.39. The molecule has 0 aliphatic rings. The van der Waals surface area contributed by atoms with Gasteiger partial charge in [0.15, 0.2) is 5.96 Å². The van der Waals surface area contributed by atoms with Crippen LogP contribution < -0.4 is 114 Å². The van der Waals surface area contributed by atoms with E-state index in [1.165, 1.54) is 30.5 Å². The summed E-state index contributed by atoms with van der Waals surface area (Å²) in [5, 5.41) is 68.2. The van der Waals surface area contributed by atoms with Gasteiger partial charge in [0.25, 0.3) is 0 Å². The van der Waals surface area contributed by atoms with E-state index in [1.54, 1.807) is 68.6 Å². The van der Waals surface area contributed by atoms with Crippen LogP contribution in [0.25, 0.3) is 21.8 Å². The van der Waals surface area contributed by atoms with Crippen LogP contribution in [0.3, 0.4) is 0 Å². The van der Waals surface area contributed by atoms with Gasteiger partial charge in [-0.3, -0.25) is 91.7 Å². The third-order valence-corrected chi connectivity index (χ3v) is 20.6. The van der Waals surface area contributed by atoms with Gasteiger partial charge in [-0.05, 0) is 112 Å². The van der Waals surface area contributed by atoms with Crippen LogP contribution in [0, 0.1) is 11.3 Å². The molecule has 18 amide bonds. The van der Waals surface area contributed by atoms with E-state index >= 15 is 9.59 Å². The number of unbranched alkanes of at least 4 members (excludes halogenated alkanes) is 1. The zero-order valence-corrected chi connectivity index (χ0v) is 73.7. The summed E-state index contributed by atoms with van der Waals surface area (Å²) in [6, 6.07) is 0.628. The van der Waals surface area contributed by atoms with Crippen molar-refractivity contribution in [1.29, 1.82) is 5.41 Å². The average molecular weight is 1840 g/mol. The number of benzene rings is 3. The number of guanidine groups is 1. The highest BCUT2D eigenvalue weighted by Crippen LogP contribution is 2.23. The van der Waals surface area contributed by atoms with Crippen molar-refractivity contribution < 1.29 is 101 Å². The number of hydrogen-bond donors (Lipinski definition) is 28. The number of hydrogen-bond acceptors (Lipinski definition) is 25. The van der Waals surface area contributed by atoms with Gasteiger partial charge in [0.2, 0.25) is 106 Å². The average Bonchev–Trinajstić information content (AvgIpc) is 1.68. The highest BCUT2D eigenvalue weighted by atomic mass is 32.1. The van der Waals surface area contributed by atoms with Crippen LogP contribution in [-0.2, 0) is 110 Å². The first kappa shape index (κ1) is 106. The Balaban J connectivity index is 1.41. The van der Waals surface area contributed by atoms with Crippen LogP contribution in [0.5, 0.6) is 5.75 Å². The van der Waals surface area contributed by atoms with Crippen LogP contribution in [0.1, 0.15) is 121 Å². The number of nitrogens with one attached hydrogen (secondary N) is 18. The number of phenolic OH excluding ortho intramolecular Hbond substituents is 1. The van der Waals surface area contributed by atoms with Gasteiger partial charge < -0.3 is 139 Å². The van der Waals surface area contributed by atoms with Gasteiger partial charge in [-0.25, -0.2) is 0 Å². The maximum Gasteiger partial charge on any atom is 0.246 e. The normalized spacial score (nSPS) is 14.1. The van der Waals surface area contributed by atoms with Gasteiger partial charge in [0.1, 0.15) is 78.8 Å². The summed E-state index contributed by atoms with van der Waals surface area (Å²) >= 11 is 8.48. The first-order chi connectivity index (χ1) is 61.2. The van der Waals surface area contributed by atoms with E-state index in [9.17, 15) is 86.9 Å². The van der Waals surface area contributed by atoms with Gasteiger partial charge in [-0.2, -0.15) is 25.3 Å². The fourth-order valence-corrected chi connectivity index (χ4v) is 13.9. The fraction of sp³-hybridized carbons (Fsp3) is 0.500. The number of aromatic nitrogens is 2. The maximum absolute atomic E-state index is 15.3. The van der Waals surface area contributed by atoms with E-state index in [2.05, 4.69) is 115 Å². The summed E-state index contributed by atoms with van der Waals surface area (Å²) < 4.78 is 5.29. The van der Waals surface area contributed by atoms with Gasteiger partial charge in [-0.1, -0.05) is 62.4 Å². The number of primary amides is 4. The van der Waals surface area contributed by atoms with Crippen molar-refractivity contribution in [3.8, 4) is 5.75 Å². The summed E-state index contributed by atoms with van der Waals surface area (Å²) in [7, 11) is 0. The van der Waals surface area contributed by atoms with Crippen molar-refractivity contribution in [2.24, 2.45) is 40.3 Å². The third kappa shape index (κ3) is 38.1. The Morgan fingerprint density at radius 2 is 0.907 bits per heavy atom. The SMILES string of the molecule is CC(=O)N[C@@H](CS)C(=O)N[C@@H](CCC(N)=O)C(=O)N[C@H](C(=O)N[C@@H](Cc1c[nH]c2ccccc12)C(=O)N[C@@H](CCC(N)=O)C(=O)N[C@@H](CS)C(=O)N[C@@H](Cc1ccc(O)cc1)C(=O)N[C@@H](Cc1c[nH]c2ccccc12)C(=O)N[C@@H](CCCNC(=N)N)C(=O)N[C@H](CC(=O)N[C@@H](CC(N)=O)C(=O)NCC(=O)NCCOCC(=O)N[C@H](CCCCN)C(N)=O)CC(C)C)[C@@H](C)O. The Kier molecular flexibility index (Phi) is 45.2. The molecule has 0 saturated carbocycles. The number of thiol groups is 2. The van der Waals surface area contributed by atoms with Crippen LogP contribution >= 0.6 is 25.3 Å². The molecule has 0 radical (unpaired) electrons. The van der Waals surface area contributed by atoms with Crippen molar-refractivity contribution in [2.45, 2.75) is 203 Å². The number of carbonyl (C=O) groups excluding carboxylic acids is 18. The number of aliphatic hydroxyl groups excluding tert-OH is 1. The molecule has 32 N–H and O–H groups in total. The Labute approximate surface area is 753 Å². The summed E-state index contributed by atoms with van der Waals surface area (Å²) in [5.74, 6) is -18.6. The third-order valence-electron chi connectivity index (χ3n) is 19.9. The second-order valence-corrected chi connectivity index (χ2v) is 31.8. The second-order valence-electron chi connectivity index (χ2n) is 31.0. The van der Waals surface area contributed by atoms with E-state index in [0.717, 1.165) is 13.8 Å². The van der Waals surface area contributed by atoms with Crippen molar-refractivity contribution in [1.82, 2.24) is 89.7 Å². The Hall–Kier alpha value is -13.1. The number of phenols is 1. The minimum Gasteiger partial charge on any atom is -0.508 e. The van der Waals surface area contributed by atoms with Crippen molar-refractivity contribution >= 4 is 159 Å². The molecule has 5 aromatic rings. The monoisotopic (exact) mass is 1840 g/mol. The van der Waals surface area contributed by atoms with Crippen molar-refractivity contribution in [3.63, 3.8) is 0 Å². The minimum absolute atomic E-state index is 0.00350. The van der Waals surface area contributed by atoms with Crippen molar-refractivity contribution in [3.05, 3.63) is 102 Å². The first-order valence-corrected chi connectivity index (χ1v) is 42.9. The quantitative estimate of drug-likeness (QED) is 0.00745. The van der Waals surface area contributed by atoms with Gasteiger partial charge in [-0.15, -0.1) is 0 Å². The molecular weight excluding hydrogens is 1720 g/mol. The summed E-state index contributed by atoms with van der Waals surface area (Å²) in [5.41, 5.74) is 35.4. The molecule has 3 aromatic carbocycles. The topological polar surface area (TPSA) is 749 Å². The lowest BCUT2D eigenvalue weighted by atomic mass is 9.99. The lowest BCUT2D eigenvalue weighted by Crippen LogP contribution is -2.62. The van der Waals surface area contributed by atoms with Gasteiger partial charge >= 0.3 is 0 Å². The van der Waals surface area contributed by atoms with E-state index in [0.29, 0.717) is 57.9 Å². The van der Waals surface area contributed by atoms with E-state index in [-0.39, 0.29) is 82.1 Å². The number of aromatic amines is 2. The Morgan fingerprint density at radius 1 is 0.450 bits per heavy atom. The molecule has 2 heterocycles. The molecule has 0 fully saturated rings. The summed E-state index contributed by atoms with van der Waals surface area (Å²) in [4.78, 5) is 251. The van der Waals surface area contributed by atoms with Crippen LogP contribution in [0.4, 0.5) is 0 Å². The van der Waals surface area contributed by atoms with Gasteiger partial charge in [0.05, 0.1) is 25.7 Å². The smallest absolute Gasteiger partial charge is 0.246 e. The minimum atomic E-state index is -1.93. The molecule has 0 spiro atoms. The summed E-state index contributed by atoms with van der Waals surface area (Å²) in [6.07, 6.45) is -1.65. The molecular formula is C82H120N24O21S2. The molecule has 47 heteroatoms. The molecule has 0 saturated heterocycles. The molecule has 0 unspecified atom stereocenters. The molecule has 706 valence electrons. The number of rotatable bonds is 59. The number of aromatic hydroxyl groups is 1. The number of amides is 18.